The van der Waals surface area contributed by atoms with Gasteiger partial charge in [0.05, 0.1) is 30.3 Å². The van der Waals surface area contributed by atoms with E-state index < -0.39 is 0 Å². The monoisotopic (exact) mass is 269 g/mol. The zero-order valence-corrected chi connectivity index (χ0v) is 12.0. The highest BCUT2D eigenvalue weighted by molar-refractivity contribution is 5.85. The van der Waals surface area contributed by atoms with Crippen LogP contribution in [0.25, 0.3) is 0 Å². The van der Waals surface area contributed by atoms with Crippen LogP contribution in [0.3, 0.4) is 0 Å². The first-order valence-corrected chi connectivity index (χ1v) is 5.83. The molecule has 5 nitrogen and oxygen atoms in total. The second-order valence-electron chi connectivity index (χ2n) is 4.55. The van der Waals surface area contributed by atoms with Gasteiger partial charge in [0, 0.05) is 19.3 Å². The molecule has 2 aromatic rings. The van der Waals surface area contributed by atoms with Crippen molar-refractivity contribution >= 4 is 18.1 Å². The third-order valence-corrected chi connectivity index (χ3v) is 2.86. The number of rotatable bonds is 4. The van der Waals surface area contributed by atoms with E-state index in [1.807, 2.05) is 35.0 Å². The van der Waals surface area contributed by atoms with Gasteiger partial charge in [0.1, 0.15) is 0 Å². The van der Waals surface area contributed by atoms with Crippen LogP contribution in [0.4, 0.5) is 5.69 Å². The van der Waals surface area contributed by atoms with Crippen LogP contribution in [0.15, 0.2) is 18.6 Å². The van der Waals surface area contributed by atoms with Crippen molar-refractivity contribution in [2.75, 3.05) is 5.32 Å². The summed E-state index contributed by atoms with van der Waals surface area (Å²) in [6, 6.07) is 0.393. The van der Waals surface area contributed by atoms with Gasteiger partial charge >= 0.3 is 0 Å². The lowest BCUT2D eigenvalue weighted by Crippen LogP contribution is -2.06. The maximum Gasteiger partial charge on any atom is 0.0729 e. The molecule has 0 aliphatic heterocycles. The van der Waals surface area contributed by atoms with Gasteiger partial charge in [0.25, 0.3) is 0 Å². The number of aryl methyl sites for hydroxylation is 2. The van der Waals surface area contributed by atoms with Crippen LogP contribution in [-0.4, -0.2) is 19.6 Å². The fourth-order valence-corrected chi connectivity index (χ4v) is 1.72. The number of hydrogen-bond acceptors (Lipinski definition) is 3. The minimum atomic E-state index is 0. The van der Waals surface area contributed by atoms with Crippen molar-refractivity contribution in [1.29, 1.82) is 0 Å². The smallest absolute Gasteiger partial charge is 0.0729 e. The second kappa shape index (κ2) is 5.91. The molecule has 0 radical (unpaired) electrons. The van der Waals surface area contributed by atoms with Crippen molar-refractivity contribution in [2.45, 2.75) is 33.4 Å². The normalized spacial score (nSPS) is 10.5. The Morgan fingerprint density at radius 3 is 2.50 bits per heavy atom. The molecule has 0 bridgehead atoms. The Hall–Kier alpha value is -1.49. The SMILES string of the molecule is Cc1cnn(C)c1CNc1cnn(C(C)C)c1.Cl. The summed E-state index contributed by atoms with van der Waals surface area (Å²) in [4.78, 5) is 0. The number of hydrogen-bond donors (Lipinski definition) is 1. The first-order chi connectivity index (χ1) is 8.08. The highest BCUT2D eigenvalue weighted by Gasteiger charge is 2.05. The first kappa shape index (κ1) is 14.6. The highest BCUT2D eigenvalue weighted by atomic mass is 35.5. The zero-order valence-electron chi connectivity index (χ0n) is 11.2. The largest absolute Gasteiger partial charge is 0.377 e. The summed E-state index contributed by atoms with van der Waals surface area (Å²) in [6.45, 7) is 7.07. The summed E-state index contributed by atoms with van der Waals surface area (Å²) in [5, 5.41) is 11.9. The quantitative estimate of drug-likeness (QED) is 0.928. The third kappa shape index (κ3) is 3.04. The van der Waals surface area contributed by atoms with Gasteiger partial charge in [0.2, 0.25) is 0 Å². The number of halogens is 1. The summed E-state index contributed by atoms with van der Waals surface area (Å²) in [7, 11) is 1.96. The Kier molecular flexibility index (Phi) is 4.78. The summed E-state index contributed by atoms with van der Waals surface area (Å²) in [5.74, 6) is 0. The van der Waals surface area contributed by atoms with Gasteiger partial charge in [-0.3, -0.25) is 9.36 Å². The number of nitrogens with zero attached hydrogens (tertiary/aromatic N) is 4. The first-order valence-electron chi connectivity index (χ1n) is 5.83. The highest BCUT2D eigenvalue weighted by Crippen LogP contribution is 2.12. The Morgan fingerprint density at radius 2 is 2.00 bits per heavy atom. The van der Waals surface area contributed by atoms with Gasteiger partial charge in [0.15, 0.2) is 0 Å². The molecule has 2 heterocycles. The number of aromatic nitrogens is 4. The van der Waals surface area contributed by atoms with Gasteiger partial charge in [-0.2, -0.15) is 10.2 Å². The van der Waals surface area contributed by atoms with Gasteiger partial charge in [-0.25, -0.2) is 0 Å². The Morgan fingerprint density at radius 1 is 1.28 bits per heavy atom. The standard InChI is InChI=1S/C12H19N5.ClH/c1-9(2)17-8-11(6-15-17)13-7-12-10(3)5-14-16(12)4;/h5-6,8-9,13H,7H2,1-4H3;1H. The molecule has 2 aromatic heterocycles. The molecule has 0 atom stereocenters. The predicted octanol–water partition coefficient (Wildman–Crippen LogP) is 2.54. The van der Waals surface area contributed by atoms with Gasteiger partial charge in [-0.05, 0) is 26.3 Å². The van der Waals surface area contributed by atoms with E-state index in [0.29, 0.717) is 6.04 Å². The Bertz CT molecular complexity index is 481. The molecule has 2 rings (SSSR count). The maximum absolute atomic E-state index is 4.29. The van der Waals surface area contributed by atoms with Crippen LogP contribution in [0.2, 0.25) is 0 Å². The number of nitrogens with one attached hydrogen (secondary N) is 1. The topological polar surface area (TPSA) is 47.7 Å². The molecule has 0 saturated heterocycles. The average molecular weight is 270 g/mol. The molecule has 0 aliphatic carbocycles. The van der Waals surface area contributed by atoms with Gasteiger partial charge < -0.3 is 5.32 Å². The van der Waals surface area contributed by atoms with Crippen LogP contribution in [0.1, 0.15) is 31.1 Å². The molecule has 1 N–H and O–H groups in total. The van der Waals surface area contributed by atoms with Crippen LogP contribution < -0.4 is 5.32 Å². The lowest BCUT2D eigenvalue weighted by molar-refractivity contribution is 0.532. The fraction of sp³-hybridized carbons (Fsp3) is 0.500. The van der Waals surface area contributed by atoms with E-state index in [1.165, 1.54) is 11.3 Å². The maximum atomic E-state index is 4.29. The summed E-state index contributed by atoms with van der Waals surface area (Å²) >= 11 is 0. The molecule has 18 heavy (non-hydrogen) atoms. The van der Waals surface area contributed by atoms with E-state index >= 15 is 0 Å². The van der Waals surface area contributed by atoms with Crippen LogP contribution in [0, 0.1) is 6.92 Å². The van der Waals surface area contributed by atoms with Crippen LogP contribution in [-0.2, 0) is 13.6 Å². The van der Waals surface area contributed by atoms with E-state index in [4.69, 9.17) is 0 Å². The lowest BCUT2D eigenvalue weighted by Gasteiger charge is -2.06. The molecular formula is C12H20ClN5. The van der Waals surface area contributed by atoms with E-state index in [9.17, 15) is 0 Å². The minimum Gasteiger partial charge on any atom is -0.377 e. The molecule has 0 aliphatic rings. The average Bonchev–Trinajstić information content (AvgIpc) is 2.85. The fourth-order valence-electron chi connectivity index (χ4n) is 1.72. The van der Waals surface area contributed by atoms with E-state index in [2.05, 4.69) is 36.3 Å². The minimum absolute atomic E-state index is 0. The molecule has 0 spiro atoms. The summed E-state index contributed by atoms with van der Waals surface area (Å²) < 4.78 is 3.84. The molecule has 0 aromatic carbocycles. The molecule has 6 heteroatoms. The molecule has 0 unspecified atom stereocenters. The summed E-state index contributed by atoms with van der Waals surface area (Å²) in [6.07, 6.45) is 5.76. The number of anilines is 1. The van der Waals surface area contributed by atoms with E-state index in [-0.39, 0.29) is 12.4 Å². The molecular weight excluding hydrogens is 250 g/mol. The van der Waals surface area contributed by atoms with Crippen molar-refractivity contribution in [1.82, 2.24) is 19.6 Å². The third-order valence-electron chi connectivity index (χ3n) is 2.86. The van der Waals surface area contributed by atoms with Crippen molar-refractivity contribution in [3.63, 3.8) is 0 Å². The molecule has 0 amide bonds. The molecule has 0 saturated carbocycles. The van der Waals surface area contributed by atoms with Crippen molar-refractivity contribution in [3.05, 3.63) is 29.8 Å². The van der Waals surface area contributed by atoms with Crippen molar-refractivity contribution < 1.29 is 0 Å². The molecule has 100 valence electrons. The van der Waals surface area contributed by atoms with E-state index in [1.54, 1.807) is 0 Å². The van der Waals surface area contributed by atoms with Gasteiger partial charge in [-0.15, -0.1) is 12.4 Å². The lowest BCUT2D eigenvalue weighted by atomic mass is 10.3. The van der Waals surface area contributed by atoms with E-state index in [0.717, 1.165) is 12.2 Å². The van der Waals surface area contributed by atoms with Crippen LogP contribution in [0.5, 0.6) is 0 Å². The Labute approximate surface area is 114 Å². The van der Waals surface area contributed by atoms with Crippen molar-refractivity contribution in [2.24, 2.45) is 7.05 Å². The Balaban J connectivity index is 0.00000162. The van der Waals surface area contributed by atoms with Crippen LogP contribution >= 0.6 is 12.4 Å². The van der Waals surface area contributed by atoms with Crippen molar-refractivity contribution in [3.8, 4) is 0 Å². The van der Waals surface area contributed by atoms with Gasteiger partial charge in [-0.1, -0.05) is 0 Å². The molecule has 0 fully saturated rings. The predicted molar refractivity (Wildman–Crippen MR) is 75.1 cm³/mol. The summed E-state index contributed by atoms with van der Waals surface area (Å²) in [5.41, 5.74) is 3.44. The second-order valence-corrected chi connectivity index (χ2v) is 4.55. The zero-order chi connectivity index (χ0) is 12.4.